The van der Waals surface area contributed by atoms with Crippen molar-refractivity contribution in [3.63, 3.8) is 0 Å². The van der Waals surface area contributed by atoms with Gasteiger partial charge in [0, 0.05) is 55.4 Å². The quantitative estimate of drug-likeness (QED) is 0.0640. The first-order valence-electron chi connectivity index (χ1n) is 29.9. The number of hydrogen-bond donors (Lipinski definition) is 11. The number of alkyl carbamates (subject to hydrolysis) is 1. The molecule has 0 unspecified atom stereocenters. The molecule has 1 aliphatic carbocycles. The molecule has 20 heteroatoms. The molecule has 2 fully saturated rings. The zero-order valence-corrected chi connectivity index (χ0v) is 49.8. The Labute approximate surface area is 509 Å². The maximum absolute atomic E-state index is 13.6. The largest absolute Gasteiger partial charge is 0.462 e. The fourth-order valence-electron chi connectivity index (χ4n) is 11.2. The Bertz CT molecular complexity index is 2730. The smallest absolute Gasteiger partial charge is 0.407 e. The number of fused-ring (bicyclic) bond motifs is 5. The van der Waals surface area contributed by atoms with E-state index in [1.807, 2.05) is 85.8 Å². The minimum atomic E-state index is -2.30. The topological polar surface area (TPSA) is 321 Å². The molecule has 6 rings (SSSR count). The summed E-state index contributed by atoms with van der Waals surface area (Å²) in [7, 11) is 0. The summed E-state index contributed by atoms with van der Waals surface area (Å²) >= 11 is 0. The number of amides is 1. The van der Waals surface area contributed by atoms with Crippen molar-refractivity contribution in [3.8, 4) is 11.1 Å². The number of aliphatic hydroxyl groups is 10. The third-order valence-electron chi connectivity index (χ3n) is 16.2. The van der Waals surface area contributed by atoms with E-state index in [2.05, 4.69) is 11.9 Å². The molecule has 87 heavy (non-hydrogen) atoms. The van der Waals surface area contributed by atoms with Crippen LogP contribution in [-0.4, -0.2) is 180 Å². The molecule has 2 aromatic rings. The number of benzene rings is 2. The summed E-state index contributed by atoms with van der Waals surface area (Å²) in [6.45, 7) is 10.2. The molecule has 0 radical (unpaired) electrons. The highest BCUT2D eigenvalue weighted by atomic mass is 16.7. The number of rotatable bonds is 9. The van der Waals surface area contributed by atoms with Crippen LogP contribution in [0.2, 0.25) is 0 Å². The number of ether oxygens (including phenoxy) is 6. The second kappa shape index (κ2) is 34.5. The Morgan fingerprint density at radius 1 is 0.667 bits per heavy atom. The third-order valence-corrected chi connectivity index (χ3v) is 16.2. The molecule has 1 amide bonds. The molecule has 2 bridgehead atoms. The normalized spacial score (nSPS) is 34.8. The van der Waals surface area contributed by atoms with Crippen LogP contribution in [0.3, 0.4) is 0 Å². The van der Waals surface area contributed by atoms with E-state index >= 15 is 0 Å². The number of nitrogens with one attached hydrogen (secondary N) is 1. The summed E-state index contributed by atoms with van der Waals surface area (Å²) in [5.41, 5.74) is 4.02. The first kappa shape index (κ1) is 69.9. The fourth-order valence-corrected chi connectivity index (χ4v) is 11.2. The predicted octanol–water partition coefficient (Wildman–Crippen LogP) is 5.49. The van der Waals surface area contributed by atoms with Crippen molar-refractivity contribution in [2.45, 2.75) is 182 Å². The lowest BCUT2D eigenvalue weighted by molar-refractivity contribution is -0.306. The zero-order chi connectivity index (χ0) is 63.2. The third kappa shape index (κ3) is 21.2. The number of allylic oxidation sites excluding steroid dienone is 12. The van der Waals surface area contributed by atoms with Crippen molar-refractivity contribution in [3.05, 3.63) is 170 Å². The molecule has 2 aromatic carbocycles. The van der Waals surface area contributed by atoms with Gasteiger partial charge >= 0.3 is 18.0 Å². The summed E-state index contributed by atoms with van der Waals surface area (Å²) in [6, 6.07) is 14.3. The van der Waals surface area contributed by atoms with Crippen molar-refractivity contribution in [2.75, 3.05) is 13.2 Å². The maximum atomic E-state index is 13.6. The second-order valence-corrected chi connectivity index (χ2v) is 23.0. The monoisotopic (exact) mass is 1210 g/mol. The van der Waals surface area contributed by atoms with Crippen molar-refractivity contribution in [1.82, 2.24) is 5.32 Å². The lowest BCUT2D eigenvalue weighted by Gasteiger charge is -2.46. The molecule has 20 nitrogen and oxygen atoms in total. The number of esters is 2. The van der Waals surface area contributed by atoms with Crippen molar-refractivity contribution >= 4 is 18.0 Å². The van der Waals surface area contributed by atoms with Crippen molar-refractivity contribution in [1.29, 1.82) is 0 Å². The van der Waals surface area contributed by atoms with Crippen LogP contribution < -0.4 is 5.32 Å². The Kier molecular flexibility index (Phi) is 27.7. The fraction of sp³-hybridized carbons (Fsp3) is 0.507. The van der Waals surface area contributed by atoms with Crippen LogP contribution in [-0.2, 0) is 38.0 Å². The predicted molar refractivity (Wildman–Crippen MR) is 324 cm³/mol. The molecule has 11 N–H and O–H groups in total. The molecule has 19 atom stereocenters. The molecule has 4 aliphatic rings. The molecular formula is C67H89NO19. The lowest BCUT2D eigenvalue weighted by Crippen LogP contribution is -2.64. The molecular weight excluding hydrogens is 1120 g/mol. The summed E-state index contributed by atoms with van der Waals surface area (Å²) < 4.78 is 35.3. The SMILES string of the molecule is C=CCOC(=O)/C=C/[C@H]1[C@@H]2C[C@@H](O[C@@H]3O[C@H](C)[C@@H](O)[C@H](NC(=O)OCC4c5ccccc5-c5ccccc54)[C@@H]3O)C=CC=CC=CC=CC=CC=CC=C[C@H](C)[C@@H](O)[C@@H](C)[C@H](C)OC(=O)C[C@H](O)C[C@H](O)CC[C@@H](O)[C@H](O)C[C@H](O)C[C@](O)(C[C@@H]1O)O2. The highest BCUT2D eigenvalue weighted by molar-refractivity contribution is 5.82. The van der Waals surface area contributed by atoms with Crippen LogP contribution in [0, 0.1) is 17.8 Å². The highest BCUT2D eigenvalue weighted by Gasteiger charge is 2.49. The van der Waals surface area contributed by atoms with E-state index < -0.39 is 153 Å². The summed E-state index contributed by atoms with van der Waals surface area (Å²) in [6.07, 6.45) is 6.37. The van der Waals surface area contributed by atoms with Crippen LogP contribution in [0.15, 0.2) is 158 Å². The number of cyclic esters (lactones) is 1. The van der Waals surface area contributed by atoms with Gasteiger partial charge in [-0.25, -0.2) is 9.59 Å². The van der Waals surface area contributed by atoms with Gasteiger partial charge in [0.1, 0.15) is 31.5 Å². The summed E-state index contributed by atoms with van der Waals surface area (Å²) in [5, 5.41) is 115. The van der Waals surface area contributed by atoms with E-state index in [0.717, 1.165) is 28.3 Å². The van der Waals surface area contributed by atoms with E-state index in [0.29, 0.717) is 0 Å². The van der Waals surface area contributed by atoms with Gasteiger partial charge in [0.15, 0.2) is 12.1 Å². The molecule has 2 saturated heterocycles. The van der Waals surface area contributed by atoms with Gasteiger partial charge in [-0.15, -0.1) is 0 Å². The minimum Gasteiger partial charge on any atom is -0.462 e. The first-order chi connectivity index (χ1) is 41.6. The highest BCUT2D eigenvalue weighted by Crippen LogP contribution is 2.45. The molecule has 0 aromatic heterocycles. The Balaban J connectivity index is 1.24. The van der Waals surface area contributed by atoms with Crippen LogP contribution in [0.5, 0.6) is 0 Å². The second-order valence-electron chi connectivity index (χ2n) is 23.0. The number of carbonyl (C=O) groups is 3. The lowest BCUT2D eigenvalue weighted by atomic mass is 9.82. The minimum absolute atomic E-state index is 0.0454. The molecule has 0 saturated carbocycles. The van der Waals surface area contributed by atoms with Crippen molar-refractivity contribution < 1.29 is 93.9 Å². The number of hydrogen-bond acceptors (Lipinski definition) is 19. The van der Waals surface area contributed by atoms with Gasteiger partial charge in [-0.05, 0) is 55.4 Å². The average molecular weight is 1210 g/mol. The molecule has 3 heterocycles. The standard InChI is InChI=1S/C67H89NO19/c1-6-33-82-59(75)32-30-53-57(74)39-67(81)38-47(71)35-56(73)55(72)31-29-45(69)34-46(70)36-60(76)84-43(4)42(3)62(77)41(2)23-17-15-13-11-9-7-8-10-12-14-16-18-24-48(37-58(53)87-67)86-65-64(79)61(63(78)44(5)85-65)68-66(80)83-40-54-51-27-21-19-25-49(51)50-26-20-22-28-52(50)54/h6-28,30,32,41-48,53-58,61-65,69-74,77-79,81H,1,29,31,33-40H2,2-5H3,(H,68,80)/b8-7?,11-9?,12-10?,15-13?,16-14?,23-17?,24-18?,32-30+/t41-,42-,43-,44+,45+,46+,47-,48-,53+,55+,56+,57-,58-,61-,62+,63+,64-,65-,67+/m0/s1. The van der Waals surface area contributed by atoms with E-state index in [-0.39, 0.29) is 50.7 Å². The van der Waals surface area contributed by atoms with Gasteiger partial charge in [0.05, 0.1) is 73.5 Å². The Hall–Kier alpha value is -6.21. The van der Waals surface area contributed by atoms with E-state index in [4.69, 9.17) is 28.4 Å². The van der Waals surface area contributed by atoms with Gasteiger partial charge in [-0.1, -0.05) is 166 Å². The average Bonchev–Trinajstić information content (AvgIpc) is 1.77. The van der Waals surface area contributed by atoms with Crippen LogP contribution in [0.1, 0.15) is 96.1 Å². The number of carbonyl (C=O) groups excluding carboxylic acids is 3. The number of aliphatic hydroxyl groups excluding tert-OH is 9. The van der Waals surface area contributed by atoms with E-state index in [1.165, 1.54) is 19.1 Å². The van der Waals surface area contributed by atoms with Gasteiger partial charge < -0.3 is 84.8 Å². The van der Waals surface area contributed by atoms with Gasteiger partial charge in [-0.2, -0.15) is 0 Å². The van der Waals surface area contributed by atoms with Crippen molar-refractivity contribution in [2.24, 2.45) is 17.8 Å². The van der Waals surface area contributed by atoms with E-state index in [1.54, 1.807) is 68.5 Å². The Morgan fingerprint density at radius 2 is 1.26 bits per heavy atom. The maximum Gasteiger partial charge on any atom is 0.407 e. The molecule has 3 aliphatic heterocycles. The van der Waals surface area contributed by atoms with Gasteiger partial charge in [0.25, 0.3) is 0 Å². The van der Waals surface area contributed by atoms with E-state index in [9.17, 15) is 65.4 Å². The zero-order valence-electron chi connectivity index (χ0n) is 49.8. The molecule has 0 spiro atoms. The molecule has 476 valence electrons. The summed E-state index contributed by atoms with van der Waals surface area (Å²) in [5.74, 6) is -5.91. The Morgan fingerprint density at radius 3 is 1.89 bits per heavy atom. The van der Waals surface area contributed by atoms with Gasteiger partial charge in [-0.3, -0.25) is 4.79 Å². The van der Waals surface area contributed by atoms with Crippen LogP contribution in [0.25, 0.3) is 11.1 Å². The first-order valence-corrected chi connectivity index (χ1v) is 29.9. The van der Waals surface area contributed by atoms with Crippen LogP contribution >= 0.6 is 0 Å². The van der Waals surface area contributed by atoms with Gasteiger partial charge in [0.2, 0.25) is 0 Å². The van der Waals surface area contributed by atoms with Crippen LogP contribution in [0.4, 0.5) is 4.79 Å². The summed E-state index contributed by atoms with van der Waals surface area (Å²) in [4.78, 5) is 39.1.